The second-order valence-electron chi connectivity index (χ2n) is 4.39. The zero-order valence-electron chi connectivity index (χ0n) is 11.4. The molecule has 0 radical (unpaired) electrons. The van der Waals surface area contributed by atoms with Crippen LogP contribution in [0.3, 0.4) is 0 Å². The highest BCUT2D eigenvalue weighted by Crippen LogP contribution is 2.15. The van der Waals surface area contributed by atoms with E-state index in [9.17, 15) is 9.59 Å². The number of nitrogens with zero attached hydrogens (tertiary/aromatic N) is 1. The molecule has 0 aliphatic heterocycles. The SMILES string of the molecule is CC(=O)NCCCN(C)C(=O)c1cc(C)oc1C. The van der Waals surface area contributed by atoms with Crippen molar-refractivity contribution in [2.45, 2.75) is 27.2 Å². The highest BCUT2D eigenvalue weighted by atomic mass is 16.3. The van der Waals surface area contributed by atoms with Crippen LogP contribution >= 0.6 is 0 Å². The molecule has 1 rings (SSSR count). The van der Waals surface area contributed by atoms with E-state index in [2.05, 4.69) is 5.32 Å². The Morgan fingerprint density at radius 3 is 2.56 bits per heavy atom. The molecule has 0 aliphatic carbocycles. The van der Waals surface area contributed by atoms with E-state index in [1.54, 1.807) is 24.9 Å². The van der Waals surface area contributed by atoms with E-state index < -0.39 is 0 Å². The van der Waals surface area contributed by atoms with Crippen LogP contribution in [0, 0.1) is 13.8 Å². The molecule has 0 bridgehead atoms. The molecule has 0 aliphatic rings. The fourth-order valence-electron chi connectivity index (χ4n) is 1.73. The summed E-state index contributed by atoms with van der Waals surface area (Å²) in [7, 11) is 1.75. The molecule has 0 unspecified atom stereocenters. The van der Waals surface area contributed by atoms with Gasteiger partial charge in [0.25, 0.3) is 5.91 Å². The molecule has 0 saturated heterocycles. The fraction of sp³-hybridized carbons (Fsp3) is 0.538. The van der Waals surface area contributed by atoms with Crippen molar-refractivity contribution in [3.8, 4) is 0 Å². The lowest BCUT2D eigenvalue weighted by molar-refractivity contribution is -0.118. The van der Waals surface area contributed by atoms with Crippen LogP contribution in [0.5, 0.6) is 0 Å². The fourth-order valence-corrected chi connectivity index (χ4v) is 1.73. The van der Waals surface area contributed by atoms with Crippen LogP contribution in [0.1, 0.15) is 35.2 Å². The number of nitrogens with one attached hydrogen (secondary N) is 1. The molecule has 100 valence electrons. The average molecular weight is 252 g/mol. The standard InChI is InChI=1S/C13H20N2O3/c1-9-8-12(10(2)18-9)13(17)15(4)7-5-6-14-11(3)16/h8H,5-7H2,1-4H3,(H,14,16). The highest BCUT2D eigenvalue weighted by Gasteiger charge is 2.17. The first kappa shape index (κ1) is 14.3. The number of furan rings is 1. The topological polar surface area (TPSA) is 62.6 Å². The molecule has 1 aromatic rings. The number of hydrogen-bond donors (Lipinski definition) is 1. The van der Waals surface area contributed by atoms with Crippen LogP contribution in [0.15, 0.2) is 10.5 Å². The highest BCUT2D eigenvalue weighted by molar-refractivity contribution is 5.95. The Balaban J connectivity index is 2.46. The van der Waals surface area contributed by atoms with Crippen molar-refractivity contribution in [1.82, 2.24) is 10.2 Å². The van der Waals surface area contributed by atoms with Gasteiger partial charge in [0, 0.05) is 27.1 Å². The van der Waals surface area contributed by atoms with Gasteiger partial charge in [-0.25, -0.2) is 0 Å². The maximum atomic E-state index is 12.1. The van der Waals surface area contributed by atoms with Crippen molar-refractivity contribution in [3.63, 3.8) is 0 Å². The van der Waals surface area contributed by atoms with Crippen LogP contribution < -0.4 is 5.32 Å². The van der Waals surface area contributed by atoms with E-state index in [-0.39, 0.29) is 11.8 Å². The lowest BCUT2D eigenvalue weighted by atomic mass is 10.2. The number of aryl methyl sites for hydroxylation is 2. The quantitative estimate of drug-likeness (QED) is 0.808. The molecule has 5 heteroatoms. The zero-order chi connectivity index (χ0) is 13.7. The van der Waals surface area contributed by atoms with E-state index in [1.807, 2.05) is 6.92 Å². The largest absolute Gasteiger partial charge is 0.466 e. The van der Waals surface area contributed by atoms with E-state index in [1.165, 1.54) is 6.92 Å². The molecule has 5 nitrogen and oxygen atoms in total. The minimum absolute atomic E-state index is 0.0489. The maximum absolute atomic E-state index is 12.1. The Labute approximate surface area is 107 Å². The van der Waals surface area contributed by atoms with Crippen LogP contribution in [0.4, 0.5) is 0 Å². The number of amides is 2. The van der Waals surface area contributed by atoms with Crippen LogP contribution in [-0.4, -0.2) is 36.9 Å². The summed E-state index contributed by atoms with van der Waals surface area (Å²) in [5.74, 6) is 1.28. The molecule has 0 aromatic carbocycles. The second-order valence-corrected chi connectivity index (χ2v) is 4.39. The van der Waals surface area contributed by atoms with Crippen molar-refractivity contribution in [2.75, 3.05) is 20.1 Å². The molecule has 2 amide bonds. The van der Waals surface area contributed by atoms with E-state index >= 15 is 0 Å². The van der Waals surface area contributed by atoms with Gasteiger partial charge in [-0.05, 0) is 26.3 Å². The molecule has 18 heavy (non-hydrogen) atoms. The number of rotatable bonds is 5. The summed E-state index contributed by atoms with van der Waals surface area (Å²) in [6.07, 6.45) is 0.734. The lowest BCUT2D eigenvalue weighted by Gasteiger charge is -2.16. The zero-order valence-corrected chi connectivity index (χ0v) is 11.4. The third kappa shape index (κ3) is 3.91. The normalized spacial score (nSPS) is 10.2. The Morgan fingerprint density at radius 2 is 2.06 bits per heavy atom. The summed E-state index contributed by atoms with van der Waals surface area (Å²) in [5.41, 5.74) is 0.606. The Kier molecular flexibility index (Phi) is 4.95. The minimum atomic E-state index is -0.0507. The summed E-state index contributed by atoms with van der Waals surface area (Å²) in [5, 5.41) is 2.70. The van der Waals surface area contributed by atoms with Gasteiger partial charge in [-0.3, -0.25) is 9.59 Å². The molecular formula is C13H20N2O3. The van der Waals surface area contributed by atoms with Crippen molar-refractivity contribution in [1.29, 1.82) is 0 Å². The second kappa shape index (κ2) is 6.23. The van der Waals surface area contributed by atoms with Gasteiger partial charge in [-0.1, -0.05) is 0 Å². The Bertz CT molecular complexity index is 437. The van der Waals surface area contributed by atoms with Gasteiger partial charge >= 0.3 is 0 Å². The molecule has 0 saturated carbocycles. The van der Waals surface area contributed by atoms with Crippen molar-refractivity contribution in [2.24, 2.45) is 0 Å². The summed E-state index contributed by atoms with van der Waals surface area (Å²) in [4.78, 5) is 24.4. The van der Waals surface area contributed by atoms with Gasteiger partial charge in [0.05, 0.1) is 5.56 Å². The summed E-state index contributed by atoms with van der Waals surface area (Å²) < 4.78 is 5.34. The predicted octanol–water partition coefficient (Wildman–Crippen LogP) is 1.49. The maximum Gasteiger partial charge on any atom is 0.257 e. The first-order valence-corrected chi connectivity index (χ1v) is 5.98. The van der Waals surface area contributed by atoms with Crippen LogP contribution in [0.2, 0.25) is 0 Å². The smallest absolute Gasteiger partial charge is 0.257 e. The van der Waals surface area contributed by atoms with Gasteiger partial charge in [0.2, 0.25) is 5.91 Å². The van der Waals surface area contributed by atoms with Crippen molar-refractivity contribution >= 4 is 11.8 Å². The molecule has 1 aromatic heterocycles. The average Bonchev–Trinajstić information content (AvgIpc) is 2.62. The molecule has 0 fully saturated rings. The monoisotopic (exact) mass is 252 g/mol. The van der Waals surface area contributed by atoms with E-state index in [4.69, 9.17) is 4.42 Å². The first-order chi connectivity index (χ1) is 8.41. The van der Waals surface area contributed by atoms with Gasteiger partial charge in [-0.15, -0.1) is 0 Å². The van der Waals surface area contributed by atoms with Crippen LogP contribution in [-0.2, 0) is 4.79 Å². The van der Waals surface area contributed by atoms with Gasteiger partial charge in [0.15, 0.2) is 0 Å². The predicted molar refractivity (Wildman–Crippen MR) is 68.4 cm³/mol. The molecule has 1 heterocycles. The number of carbonyl (C=O) groups is 2. The molecule has 0 spiro atoms. The lowest BCUT2D eigenvalue weighted by Crippen LogP contribution is -2.31. The van der Waals surface area contributed by atoms with Gasteiger partial charge in [-0.2, -0.15) is 0 Å². The molecule has 1 N–H and O–H groups in total. The number of hydrogen-bond acceptors (Lipinski definition) is 3. The van der Waals surface area contributed by atoms with Gasteiger partial charge < -0.3 is 14.6 Å². The molecular weight excluding hydrogens is 232 g/mol. The Morgan fingerprint density at radius 1 is 1.39 bits per heavy atom. The van der Waals surface area contributed by atoms with Crippen LogP contribution in [0.25, 0.3) is 0 Å². The molecule has 0 atom stereocenters. The third-order valence-electron chi connectivity index (χ3n) is 2.66. The minimum Gasteiger partial charge on any atom is -0.466 e. The van der Waals surface area contributed by atoms with Crippen molar-refractivity contribution in [3.05, 3.63) is 23.2 Å². The van der Waals surface area contributed by atoms with E-state index in [0.29, 0.717) is 24.4 Å². The summed E-state index contributed by atoms with van der Waals surface area (Å²) in [6.45, 7) is 6.26. The summed E-state index contributed by atoms with van der Waals surface area (Å²) in [6, 6.07) is 1.75. The third-order valence-corrected chi connectivity index (χ3v) is 2.66. The number of carbonyl (C=O) groups excluding carboxylic acids is 2. The Hall–Kier alpha value is -1.78. The van der Waals surface area contributed by atoms with Gasteiger partial charge in [0.1, 0.15) is 11.5 Å². The first-order valence-electron chi connectivity index (χ1n) is 5.98. The summed E-state index contributed by atoms with van der Waals surface area (Å²) >= 11 is 0. The van der Waals surface area contributed by atoms with E-state index in [0.717, 1.165) is 12.2 Å². The van der Waals surface area contributed by atoms with Crippen molar-refractivity contribution < 1.29 is 14.0 Å².